The molecular weight excluding hydrogens is 394 g/mol. The van der Waals surface area contributed by atoms with Crippen LogP contribution < -0.4 is 10.2 Å². The predicted molar refractivity (Wildman–Crippen MR) is 103 cm³/mol. The lowest BCUT2D eigenvalue weighted by Crippen LogP contribution is -2.16. The molecule has 0 aliphatic rings. The van der Waals surface area contributed by atoms with Crippen LogP contribution in [0.4, 0.5) is 5.69 Å². The molecule has 0 radical (unpaired) electrons. The fourth-order valence-corrected chi connectivity index (χ4v) is 3.47. The van der Waals surface area contributed by atoms with E-state index in [1.807, 2.05) is 0 Å². The summed E-state index contributed by atoms with van der Waals surface area (Å²) in [6.45, 7) is 0. The van der Waals surface area contributed by atoms with Gasteiger partial charge in [-0.1, -0.05) is 11.6 Å². The molecule has 27 heavy (non-hydrogen) atoms. The minimum absolute atomic E-state index is 0.0457. The number of halogens is 1. The summed E-state index contributed by atoms with van der Waals surface area (Å²) in [5.41, 5.74) is 2.57. The van der Waals surface area contributed by atoms with Gasteiger partial charge in [-0.2, -0.15) is 5.10 Å². The minimum Gasteiger partial charge on any atom is -0.504 e. The number of thiophene rings is 1. The van der Waals surface area contributed by atoms with Gasteiger partial charge >= 0.3 is 0 Å². The smallest absolute Gasteiger partial charge is 0.281 e. The van der Waals surface area contributed by atoms with E-state index in [4.69, 9.17) is 16.3 Å². The molecule has 8 nitrogen and oxygen atoms in total. The quantitative estimate of drug-likeness (QED) is 0.379. The molecule has 1 heterocycles. The summed E-state index contributed by atoms with van der Waals surface area (Å²) in [6.07, 6.45) is 1.24. The van der Waals surface area contributed by atoms with Crippen molar-refractivity contribution in [2.75, 3.05) is 7.11 Å². The van der Waals surface area contributed by atoms with E-state index in [2.05, 4.69) is 10.5 Å². The highest BCUT2D eigenvalue weighted by Gasteiger charge is 2.13. The number of fused-ring (bicyclic) bond motifs is 1. The number of nitro benzene ring substituents is 1. The summed E-state index contributed by atoms with van der Waals surface area (Å²) in [4.78, 5) is 22.9. The summed E-state index contributed by atoms with van der Waals surface area (Å²) < 4.78 is 5.74. The Labute approximate surface area is 161 Å². The Hall–Kier alpha value is -3.17. The van der Waals surface area contributed by atoms with Crippen molar-refractivity contribution in [3.8, 4) is 11.5 Å². The maximum Gasteiger partial charge on any atom is 0.281 e. The fraction of sp³-hybridized carbons (Fsp3) is 0.0588. The number of phenolic OH excluding ortho intramolecular Hbond substituents is 1. The van der Waals surface area contributed by atoms with Crippen LogP contribution in [-0.2, 0) is 0 Å². The second kappa shape index (κ2) is 7.60. The summed E-state index contributed by atoms with van der Waals surface area (Å²) in [6, 6.07) is 8.85. The molecule has 1 aromatic heterocycles. The van der Waals surface area contributed by atoms with E-state index in [9.17, 15) is 20.0 Å². The van der Waals surface area contributed by atoms with Gasteiger partial charge in [-0.3, -0.25) is 14.9 Å². The molecule has 3 aromatic rings. The van der Waals surface area contributed by atoms with Crippen LogP contribution >= 0.6 is 22.9 Å². The Kier molecular flexibility index (Phi) is 5.24. The SMILES string of the molecule is COc1cc(Cl)cc(/C=N\NC(=O)c2cc3cc([N+](=O)[O-])ccc3s2)c1O. The first-order chi connectivity index (χ1) is 12.9. The molecule has 0 bridgehead atoms. The third kappa shape index (κ3) is 3.99. The second-order valence-electron chi connectivity index (χ2n) is 5.33. The number of carbonyl (C=O) groups excluding carboxylic acids is 1. The molecule has 0 unspecified atom stereocenters. The molecule has 2 N–H and O–H groups in total. The van der Waals surface area contributed by atoms with Crippen LogP contribution in [0.25, 0.3) is 10.1 Å². The second-order valence-corrected chi connectivity index (χ2v) is 6.86. The van der Waals surface area contributed by atoms with Crippen LogP contribution in [0.5, 0.6) is 11.5 Å². The molecular formula is C17H12ClN3O5S. The lowest BCUT2D eigenvalue weighted by atomic mass is 10.2. The number of rotatable bonds is 5. The molecule has 0 aliphatic heterocycles. The van der Waals surface area contributed by atoms with Crippen molar-refractivity contribution in [3.63, 3.8) is 0 Å². The number of non-ortho nitro benzene ring substituents is 1. The number of benzene rings is 2. The van der Waals surface area contributed by atoms with Crippen LogP contribution in [0.1, 0.15) is 15.2 Å². The van der Waals surface area contributed by atoms with Gasteiger partial charge in [0.15, 0.2) is 11.5 Å². The number of ether oxygens (including phenoxy) is 1. The van der Waals surface area contributed by atoms with Crippen LogP contribution in [0, 0.1) is 10.1 Å². The summed E-state index contributed by atoms with van der Waals surface area (Å²) in [5.74, 6) is -0.459. The largest absolute Gasteiger partial charge is 0.504 e. The number of amides is 1. The number of nitrogens with one attached hydrogen (secondary N) is 1. The molecule has 0 atom stereocenters. The fourth-order valence-electron chi connectivity index (χ4n) is 2.32. The zero-order chi connectivity index (χ0) is 19.6. The number of phenols is 1. The van der Waals surface area contributed by atoms with Gasteiger partial charge in [-0.25, -0.2) is 5.43 Å². The van der Waals surface area contributed by atoms with Crippen LogP contribution in [0.3, 0.4) is 0 Å². The Morgan fingerprint density at radius 3 is 2.85 bits per heavy atom. The number of methoxy groups -OCH3 is 1. The van der Waals surface area contributed by atoms with E-state index in [1.54, 1.807) is 12.1 Å². The van der Waals surface area contributed by atoms with Crippen molar-refractivity contribution < 1.29 is 19.6 Å². The Morgan fingerprint density at radius 2 is 2.15 bits per heavy atom. The van der Waals surface area contributed by atoms with Crippen molar-refractivity contribution in [2.24, 2.45) is 5.10 Å². The van der Waals surface area contributed by atoms with Gasteiger partial charge < -0.3 is 9.84 Å². The molecule has 0 fully saturated rings. The van der Waals surface area contributed by atoms with E-state index in [1.165, 1.54) is 48.9 Å². The van der Waals surface area contributed by atoms with Gasteiger partial charge in [0.05, 0.1) is 23.1 Å². The lowest BCUT2D eigenvalue weighted by molar-refractivity contribution is -0.384. The van der Waals surface area contributed by atoms with E-state index in [-0.39, 0.29) is 22.7 Å². The van der Waals surface area contributed by atoms with Crippen molar-refractivity contribution >= 4 is 50.8 Å². The van der Waals surface area contributed by atoms with Gasteiger partial charge in [0.2, 0.25) is 0 Å². The normalized spacial score (nSPS) is 11.0. The number of hydrogen-bond donors (Lipinski definition) is 2. The average molecular weight is 406 g/mol. The molecule has 2 aromatic carbocycles. The van der Waals surface area contributed by atoms with Gasteiger partial charge in [0.1, 0.15) is 0 Å². The predicted octanol–water partition coefficient (Wildman–Crippen LogP) is 3.94. The molecule has 0 saturated heterocycles. The van der Waals surface area contributed by atoms with Crippen LogP contribution in [-0.4, -0.2) is 29.3 Å². The van der Waals surface area contributed by atoms with Gasteiger partial charge in [-0.15, -0.1) is 11.3 Å². The molecule has 10 heteroatoms. The highest BCUT2D eigenvalue weighted by molar-refractivity contribution is 7.20. The standard InChI is InChI=1S/C17H12ClN3O5S/c1-26-13-7-11(18)4-10(16(13)22)8-19-20-17(23)15-6-9-5-12(21(24)25)2-3-14(9)27-15/h2-8,22H,1H3,(H,20,23)/b19-8-. The van der Waals surface area contributed by atoms with Crippen molar-refractivity contribution in [3.05, 3.63) is 62.0 Å². The van der Waals surface area contributed by atoms with E-state index in [0.29, 0.717) is 15.3 Å². The van der Waals surface area contributed by atoms with Crippen molar-refractivity contribution in [1.29, 1.82) is 0 Å². The van der Waals surface area contributed by atoms with E-state index >= 15 is 0 Å². The van der Waals surface area contributed by atoms with Crippen molar-refractivity contribution in [1.82, 2.24) is 5.43 Å². The highest BCUT2D eigenvalue weighted by Crippen LogP contribution is 2.32. The summed E-state index contributed by atoms with van der Waals surface area (Å²) >= 11 is 7.12. The maximum absolute atomic E-state index is 12.2. The number of nitrogens with zero attached hydrogens (tertiary/aromatic N) is 2. The molecule has 0 aliphatic carbocycles. The van der Waals surface area contributed by atoms with Crippen LogP contribution in [0.2, 0.25) is 5.02 Å². The average Bonchev–Trinajstić information content (AvgIpc) is 3.07. The Morgan fingerprint density at radius 1 is 1.37 bits per heavy atom. The molecule has 138 valence electrons. The topological polar surface area (TPSA) is 114 Å². The maximum atomic E-state index is 12.2. The monoisotopic (exact) mass is 405 g/mol. The van der Waals surface area contributed by atoms with Crippen molar-refractivity contribution in [2.45, 2.75) is 0 Å². The third-order valence-electron chi connectivity index (χ3n) is 3.59. The molecule has 3 rings (SSSR count). The van der Waals surface area contributed by atoms with E-state index < -0.39 is 10.8 Å². The van der Waals surface area contributed by atoms with Gasteiger partial charge in [-0.05, 0) is 18.2 Å². The molecule has 1 amide bonds. The molecule has 0 spiro atoms. The number of carbonyl (C=O) groups is 1. The van der Waals surface area contributed by atoms with Gasteiger partial charge in [0.25, 0.3) is 11.6 Å². The first-order valence-corrected chi connectivity index (χ1v) is 8.66. The zero-order valence-corrected chi connectivity index (χ0v) is 15.4. The number of hydrogen-bond acceptors (Lipinski definition) is 7. The summed E-state index contributed by atoms with van der Waals surface area (Å²) in [7, 11) is 1.39. The third-order valence-corrected chi connectivity index (χ3v) is 4.93. The first kappa shape index (κ1) is 18.6. The Balaban J connectivity index is 1.78. The number of aromatic hydroxyl groups is 1. The van der Waals surface area contributed by atoms with Gasteiger partial charge in [0, 0.05) is 38.9 Å². The minimum atomic E-state index is -0.493. The highest BCUT2D eigenvalue weighted by atomic mass is 35.5. The number of hydrazone groups is 1. The van der Waals surface area contributed by atoms with E-state index in [0.717, 1.165) is 4.70 Å². The lowest BCUT2D eigenvalue weighted by Gasteiger charge is -2.06. The zero-order valence-electron chi connectivity index (χ0n) is 13.8. The first-order valence-electron chi connectivity index (χ1n) is 7.47. The number of nitro groups is 1. The van der Waals surface area contributed by atoms with Crippen LogP contribution in [0.15, 0.2) is 41.5 Å². The molecule has 0 saturated carbocycles. The Bertz CT molecular complexity index is 1080. The summed E-state index contributed by atoms with van der Waals surface area (Å²) in [5, 5.41) is 25.6.